The van der Waals surface area contributed by atoms with Gasteiger partial charge in [-0.25, -0.2) is 13.6 Å². The maximum atomic E-state index is 11.5. The normalized spacial score (nSPS) is 16.9. The Morgan fingerprint density at radius 3 is 2.46 bits per heavy atom. The summed E-state index contributed by atoms with van der Waals surface area (Å²) in [5, 5.41) is 5.20. The molecule has 0 spiro atoms. The third-order valence-electron chi connectivity index (χ3n) is 4.33. The summed E-state index contributed by atoms with van der Waals surface area (Å²) in [6, 6.07) is 12.4. The van der Waals surface area contributed by atoms with Gasteiger partial charge in [0.1, 0.15) is 0 Å². The highest BCUT2D eigenvalue weighted by molar-refractivity contribution is 7.89. The first kappa shape index (κ1) is 16.5. The number of benzene rings is 2. The molecule has 4 N–H and O–H groups in total. The monoisotopic (exact) mass is 345 g/mol. The first-order chi connectivity index (χ1) is 11.3. The fraction of sp³-hybridized carbons (Fsp3) is 0.235. The van der Waals surface area contributed by atoms with Crippen molar-refractivity contribution in [2.24, 2.45) is 10.9 Å². The SMILES string of the molecule is C[C@H]1Cc2cc(S(N)(=O)=O)ccc2N1Cc1ccc(C(N)=O)cc1. The molecule has 2 aromatic rings. The summed E-state index contributed by atoms with van der Waals surface area (Å²) >= 11 is 0. The zero-order chi connectivity index (χ0) is 17.5. The van der Waals surface area contributed by atoms with E-state index in [0.29, 0.717) is 12.1 Å². The first-order valence-corrected chi connectivity index (χ1v) is 9.11. The number of hydrogen-bond acceptors (Lipinski definition) is 4. The fourth-order valence-electron chi connectivity index (χ4n) is 3.06. The number of carbonyl (C=O) groups excluding carboxylic acids is 1. The van der Waals surface area contributed by atoms with Gasteiger partial charge in [0.2, 0.25) is 15.9 Å². The summed E-state index contributed by atoms with van der Waals surface area (Å²) in [4.78, 5) is 13.5. The molecule has 1 amide bonds. The molecule has 24 heavy (non-hydrogen) atoms. The summed E-state index contributed by atoms with van der Waals surface area (Å²) in [5.74, 6) is -0.447. The van der Waals surface area contributed by atoms with Crippen LogP contribution in [0.1, 0.15) is 28.4 Å². The predicted molar refractivity (Wildman–Crippen MR) is 92.1 cm³/mol. The van der Waals surface area contributed by atoms with Crippen LogP contribution in [-0.2, 0) is 23.0 Å². The molecule has 0 aromatic heterocycles. The number of rotatable bonds is 4. The molecule has 126 valence electrons. The van der Waals surface area contributed by atoms with Crippen molar-refractivity contribution >= 4 is 21.6 Å². The van der Waals surface area contributed by atoms with E-state index in [2.05, 4.69) is 11.8 Å². The molecular weight excluding hydrogens is 326 g/mol. The lowest BCUT2D eigenvalue weighted by molar-refractivity contribution is 0.100. The second kappa shape index (κ2) is 5.92. The van der Waals surface area contributed by atoms with E-state index in [0.717, 1.165) is 23.2 Å². The minimum atomic E-state index is -3.69. The van der Waals surface area contributed by atoms with Crippen molar-refractivity contribution in [1.29, 1.82) is 0 Å². The van der Waals surface area contributed by atoms with E-state index in [9.17, 15) is 13.2 Å². The average Bonchev–Trinajstić information content (AvgIpc) is 2.82. The molecule has 0 saturated carbocycles. The zero-order valence-electron chi connectivity index (χ0n) is 13.3. The molecule has 0 radical (unpaired) electrons. The van der Waals surface area contributed by atoms with Crippen molar-refractivity contribution in [2.75, 3.05) is 4.90 Å². The lowest BCUT2D eigenvalue weighted by atomic mass is 10.1. The molecule has 6 nitrogen and oxygen atoms in total. The van der Waals surface area contributed by atoms with Crippen LogP contribution in [0.25, 0.3) is 0 Å². The van der Waals surface area contributed by atoms with E-state index >= 15 is 0 Å². The highest BCUT2D eigenvalue weighted by atomic mass is 32.2. The molecule has 1 atom stereocenters. The van der Waals surface area contributed by atoms with Crippen molar-refractivity contribution in [3.05, 3.63) is 59.2 Å². The number of sulfonamides is 1. The smallest absolute Gasteiger partial charge is 0.248 e. The molecule has 0 bridgehead atoms. The largest absolute Gasteiger partial charge is 0.366 e. The van der Waals surface area contributed by atoms with Gasteiger partial charge in [-0.1, -0.05) is 12.1 Å². The van der Waals surface area contributed by atoms with Gasteiger partial charge in [-0.15, -0.1) is 0 Å². The minimum absolute atomic E-state index is 0.140. The number of primary sulfonamides is 1. The van der Waals surface area contributed by atoms with Gasteiger partial charge in [0, 0.05) is 23.8 Å². The van der Waals surface area contributed by atoms with Crippen LogP contribution in [0, 0.1) is 0 Å². The van der Waals surface area contributed by atoms with E-state index in [4.69, 9.17) is 10.9 Å². The standard InChI is InChI=1S/C17H19N3O3S/c1-11-8-14-9-15(24(19,22)23)6-7-16(14)20(11)10-12-2-4-13(5-3-12)17(18)21/h2-7,9,11H,8,10H2,1H3,(H2,18,21)(H2,19,22,23)/t11-/m0/s1. The second-order valence-electron chi connectivity index (χ2n) is 6.08. The Bertz CT molecular complexity index is 892. The van der Waals surface area contributed by atoms with E-state index < -0.39 is 15.9 Å². The molecule has 2 aromatic carbocycles. The zero-order valence-corrected chi connectivity index (χ0v) is 14.1. The summed E-state index contributed by atoms with van der Waals surface area (Å²) in [6.07, 6.45) is 0.762. The van der Waals surface area contributed by atoms with Crippen LogP contribution in [0.2, 0.25) is 0 Å². The van der Waals surface area contributed by atoms with E-state index in [-0.39, 0.29) is 10.9 Å². The van der Waals surface area contributed by atoms with Crippen molar-refractivity contribution in [2.45, 2.75) is 30.8 Å². The lowest BCUT2D eigenvalue weighted by Crippen LogP contribution is -2.28. The summed E-state index contributed by atoms with van der Waals surface area (Å²) < 4.78 is 23.0. The molecule has 3 rings (SSSR count). The van der Waals surface area contributed by atoms with Crippen molar-refractivity contribution in [1.82, 2.24) is 0 Å². The first-order valence-electron chi connectivity index (χ1n) is 7.57. The van der Waals surface area contributed by atoms with Gasteiger partial charge in [0.05, 0.1) is 4.90 Å². The third kappa shape index (κ3) is 3.13. The Morgan fingerprint density at radius 1 is 1.21 bits per heavy atom. The highest BCUT2D eigenvalue weighted by Gasteiger charge is 2.27. The number of carbonyl (C=O) groups is 1. The van der Waals surface area contributed by atoms with Gasteiger partial charge in [-0.3, -0.25) is 4.79 Å². The Balaban J connectivity index is 1.87. The van der Waals surface area contributed by atoms with Gasteiger partial charge in [0.15, 0.2) is 0 Å². The number of anilines is 1. The molecule has 7 heteroatoms. The highest BCUT2D eigenvalue weighted by Crippen LogP contribution is 2.34. The number of nitrogens with two attached hydrogens (primary N) is 2. The number of hydrogen-bond donors (Lipinski definition) is 2. The molecular formula is C17H19N3O3S. The molecule has 1 heterocycles. The molecule has 0 unspecified atom stereocenters. The van der Waals surface area contributed by atoms with Gasteiger partial charge < -0.3 is 10.6 Å². The summed E-state index contributed by atoms with van der Waals surface area (Å²) in [7, 11) is -3.69. The molecule has 1 aliphatic heterocycles. The number of nitrogens with zero attached hydrogens (tertiary/aromatic N) is 1. The maximum Gasteiger partial charge on any atom is 0.248 e. The van der Waals surface area contributed by atoms with Crippen LogP contribution in [-0.4, -0.2) is 20.4 Å². The van der Waals surface area contributed by atoms with Crippen LogP contribution >= 0.6 is 0 Å². The van der Waals surface area contributed by atoms with E-state index in [1.54, 1.807) is 24.3 Å². The van der Waals surface area contributed by atoms with Gasteiger partial charge in [-0.2, -0.15) is 0 Å². The van der Waals surface area contributed by atoms with E-state index in [1.165, 1.54) is 6.07 Å². The number of amides is 1. The summed E-state index contributed by atoms with van der Waals surface area (Å²) in [5.41, 5.74) is 8.77. The number of fused-ring (bicyclic) bond motifs is 1. The quantitative estimate of drug-likeness (QED) is 0.873. The minimum Gasteiger partial charge on any atom is -0.366 e. The molecule has 0 saturated heterocycles. The van der Waals surface area contributed by atoms with Crippen LogP contribution in [0.5, 0.6) is 0 Å². The number of primary amides is 1. The molecule has 0 fully saturated rings. The van der Waals surface area contributed by atoms with Crippen LogP contribution in [0.3, 0.4) is 0 Å². The Morgan fingerprint density at radius 2 is 1.88 bits per heavy atom. The fourth-order valence-corrected chi connectivity index (χ4v) is 3.62. The maximum absolute atomic E-state index is 11.5. The van der Waals surface area contributed by atoms with Gasteiger partial charge in [-0.05, 0) is 54.8 Å². The molecule has 1 aliphatic rings. The Kier molecular flexibility index (Phi) is 4.06. The van der Waals surface area contributed by atoms with Crippen LogP contribution in [0.15, 0.2) is 47.4 Å². The topological polar surface area (TPSA) is 106 Å². The van der Waals surface area contributed by atoms with Crippen molar-refractivity contribution in [3.63, 3.8) is 0 Å². The molecule has 0 aliphatic carbocycles. The average molecular weight is 345 g/mol. The van der Waals surface area contributed by atoms with Crippen LogP contribution < -0.4 is 15.8 Å². The predicted octanol–water partition coefficient (Wildman–Crippen LogP) is 1.38. The Labute approximate surface area is 141 Å². The second-order valence-corrected chi connectivity index (χ2v) is 7.64. The third-order valence-corrected chi connectivity index (χ3v) is 5.24. The Hall–Kier alpha value is -2.38. The van der Waals surface area contributed by atoms with Crippen molar-refractivity contribution < 1.29 is 13.2 Å². The van der Waals surface area contributed by atoms with E-state index in [1.807, 2.05) is 12.1 Å². The van der Waals surface area contributed by atoms with Gasteiger partial charge >= 0.3 is 0 Å². The van der Waals surface area contributed by atoms with Gasteiger partial charge in [0.25, 0.3) is 0 Å². The summed E-state index contributed by atoms with van der Waals surface area (Å²) in [6.45, 7) is 2.76. The van der Waals surface area contributed by atoms with Crippen LogP contribution in [0.4, 0.5) is 5.69 Å². The lowest BCUT2D eigenvalue weighted by Gasteiger charge is -2.25. The van der Waals surface area contributed by atoms with Crippen molar-refractivity contribution in [3.8, 4) is 0 Å².